The van der Waals surface area contributed by atoms with E-state index in [2.05, 4.69) is 13.8 Å². The molecule has 0 amide bonds. The van der Waals surface area contributed by atoms with Crippen LogP contribution in [-0.2, 0) is 17.6 Å². The molecular formula is C32H50F2O. The Bertz CT molecular complexity index is 790. The highest BCUT2D eigenvalue weighted by Gasteiger charge is 2.38. The zero-order valence-corrected chi connectivity index (χ0v) is 22.6. The van der Waals surface area contributed by atoms with Crippen LogP contribution in [0.3, 0.4) is 0 Å². The number of benzene rings is 1. The molecule has 5 unspecified atom stereocenters. The number of ether oxygens (including phenoxy) is 1. The predicted octanol–water partition coefficient (Wildman–Crippen LogP) is 9.69. The first kappa shape index (κ1) is 27.1. The molecule has 0 N–H and O–H groups in total. The summed E-state index contributed by atoms with van der Waals surface area (Å²) < 4.78 is 37.3. The molecule has 0 aromatic heterocycles. The largest absolute Gasteiger partial charge is 0.378 e. The van der Waals surface area contributed by atoms with Gasteiger partial charge in [0.2, 0.25) is 0 Å². The fourth-order valence-corrected chi connectivity index (χ4v) is 7.46. The van der Waals surface area contributed by atoms with Crippen LogP contribution in [0.2, 0.25) is 0 Å². The van der Waals surface area contributed by atoms with Gasteiger partial charge in [-0.2, -0.15) is 0 Å². The lowest BCUT2D eigenvalue weighted by molar-refractivity contribution is -0.0166. The van der Waals surface area contributed by atoms with Crippen molar-refractivity contribution in [3.63, 3.8) is 0 Å². The van der Waals surface area contributed by atoms with E-state index in [0.29, 0.717) is 29.4 Å². The van der Waals surface area contributed by atoms with Gasteiger partial charge in [0.25, 0.3) is 0 Å². The molecule has 0 spiro atoms. The lowest BCUT2D eigenvalue weighted by Gasteiger charge is -2.42. The van der Waals surface area contributed by atoms with Gasteiger partial charge in [0.15, 0.2) is 0 Å². The molecule has 35 heavy (non-hydrogen) atoms. The van der Waals surface area contributed by atoms with Gasteiger partial charge in [0.05, 0.1) is 6.10 Å². The Morgan fingerprint density at radius 2 is 1.57 bits per heavy atom. The van der Waals surface area contributed by atoms with Gasteiger partial charge in [-0.3, -0.25) is 0 Å². The van der Waals surface area contributed by atoms with Crippen LogP contribution < -0.4 is 0 Å². The summed E-state index contributed by atoms with van der Waals surface area (Å²) in [5.41, 5.74) is 2.23. The van der Waals surface area contributed by atoms with E-state index in [4.69, 9.17) is 4.74 Å². The standard InChI is InChI=1S/C32H50F2O/c1-3-5-7-9-11-23-12-17-29-27(19-23)22-30(33)31(32(29)34)26-14-13-25-21-28(16-15-24(25)20-26)35-18-10-8-6-4-2/h22-26,28H,3-21H2,1-2H3. The Kier molecular flexibility index (Phi) is 10.5. The van der Waals surface area contributed by atoms with Crippen molar-refractivity contribution in [2.24, 2.45) is 17.8 Å². The number of fused-ring (bicyclic) bond motifs is 2. The minimum absolute atomic E-state index is 0.0554. The monoisotopic (exact) mass is 488 g/mol. The molecule has 1 nitrogen and oxygen atoms in total. The van der Waals surface area contributed by atoms with Gasteiger partial charge in [0, 0.05) is 12.2 Å². The molecule has 3 aliphatic rings. The van der Waals surface area contributed by atoms with E-state index in [1.165, 1.54) is 57.8 Å². The zero-order chi connectivity index (χ0) is 24.6. The summed E-state index contributed by atoms with van der Waals surface area (Å²) in [5.74, 6) is 1.50. The second-order valence-electron chi connectivity index (χ2n) is 12.1. The molecule has 4 rings (SSSR count). The second kappa shape index (κ2) is 13.5. The van der Waals surface area contributed by atoms with Crippen molar-refractivity contribution < 1.29 is 13.5 Å². The van der Waals surface area contributed by atoms with E-state index in [1.54, 1.807) is 6.07 Å². The van der Waals surface area contributed by atoms with Crippen LogP contribution in [0, 0.1) is 29.4 Å². The maximum Gasteiger partial charge on any atom is 0.133 e. The van der Waals surface area contributed by atoms with Crippen LogP contribution in [0.25, 0.3) is 0 Å². The third kappa shape index (κ3) is 7.08. The minimum Gasteiger partial charge on any atom is -0.378 e. The van der Waals surface area contributed by atoms with Crippen molar-refractivity contribution in [1.82, 2.24) is 0 Å². The van der Waals surface area contributed by atoms with Crippen LogP contribution in [0.4, 0.5) is 8.78 Å². The molecule has 2 saturated carbocycles. The summed E-state index contributed by atoms with van der Waals surface area (Å²) in [6.07, 6.45) is 20.9. The van der Waals surface area contributed by atoms with Crippen LogP contribution in [0.1, 0.15) is 139 Å². The molecule has 198 valence electrons. The molecule has 3 heteroatoms. The van der Waals surface area contributed by atoms with E-state index in [9.17, 15) is 0 Å². The SMILES string of the molecule is CCCCCCOC1CCC2CC(c3c(F)cc4c(c3F)CCC(CCCCCC)C4)CCC2C1. The molecule has 0 heterocycles. The van der Waals surface area contributed by atoms with Crippen molar-refractivity contribution in [3.05, 3.63) is 34.4 Å². The fourth-order valence-electron chi connectivity index (χ4n) is 7.46. The van der Waals surface area contributed by atoms with E-state index in [-0.39, 0.29) is 17.6 Å². The molecular weight excluding hydrogens is 438 g/mol. The first-order valence-corrected chi connectivity index (χ1v) is 15.2. The molecule has 0 aliphatic heterocycles. The summed E-state index contributed by atoms with van der Waals surface area (Å²) >= 11 is 0. The normalized spacial score (nSPS) is 28.5. The number of unbranched alkanes of at least 4 members (excludes halogenated alkanes) is 6. The van der Waals surface area contributed by atoms with Crippen molar-refractivity contribution in [2.45, 2.75) is 141 Å². The average Bonchev–Trinajstić information content (AvgIpc) is 2.86. The summed E-state index contributed by atoms with van der Waals surface area (Å²) in [6.45, 7) is 5.38. The molecule has 0 bridgehead atoms. The number of hydrogen-bond donors (Lipinski definition) is 0. The number of rotatable bonds is 12. The zero-order valence-electron chi connectivity index (χ0n) is 22.6. The molecule has 0 saturated heterocycles. The lowest BCUT2D eigenvalue weighted by atomic mass is 9.65. The topological polar surface area (TPSA) is 9.23 Å². The molecule has 5 atom stereocenters. The van der Waals surface area contributed by atoms with Gasteiger partial charge >= 0.3 is 0 Å². The van der Waals surface area contributed by atoms with Gasteiger partial charge in [-0.1, -0.05) is 65.2 Å². The van der Waals surface area contributed by atoms with Crippen molar-refractivity contribution in [2.75, 3.05) is 6.61 Å². The highest BCUT2D eigenvalue weighted by atomic mass is 19.1. The quantitative estimate of drug-likeness (QED) is 0.266. The average molecular weight is 489 g/mol. The predicted molar refractivity (Wildman–Crippen MR) is 142 cm³/mol. The van der Waals surface area contributed by atoms with Gasteiger partial charge in [-0.25, -0.2) is 8.78 Å². The maximum absolute atomic E-state index is 15.7. The van der Waals surface area contributed by atoms with E-state index < -0.39 is 0 Å². The van der Waals surface area contributed by atoms with Gasteiger partial charge in [0.1, 0.15) is 11.6 Å². The highest BCUT2D eigenvalue weighted by Crippen LogP contribution is 2.48. The third-order valence-electron chi connectivity index (χ3n) is 9.55. The maximum atomic E-state index is 15.7. The lowest BCUT2D eigenvalue weighted by Crippen LogP contribution is -2.34. The summed E-state index contributed by atoms with van der Waals surface area (Å²) in [4.78, 5) is 0. The molecule has 1 aromatic rings. The Hall–Kier alpha value is -0.960. The Morgan fingerprint density at radius 3 is 2.37 bits per heavy atom. The van der Waals surface area contributed by atoms with Gasteiger partial charge in [-0.15, -0.1) is 0 Å². The molecule has 1 aromatic carbocycles. The van der Waals surface area contributed by atoms with Gasteiger partial charge < -0.3 is 4.74 Å². The van der Waals surface area contributed by atoms with Crippen LogP contribution in [0.15, 0.2) is 6.07 Å². The van der Waals surface area contributed by atoms with E-state index in [1.807, 2.05) is 0 Å². The summed E-state index contributed by atoms with van der Waals surface area (Å²) in [7, 11) is 0. The molecule has 2 fully saturated rings. The smallest absolute Gasteiger partial charge is 0.133 e. The first-order valence-electron chi connectivity index (χ1n) is 15.2. The van der Waals surface area contributed by atoms with Crippen LogP contribution >= 0.6 is 0 Å². The molecule has 3 aliphatic carbocycles. The summed E-state index contributed by atoms with van der Waals surface area (Å²) in [5, 5.41) is 0. The Morgan fingerprint density at radius 1 is 0.829 bits per heavy atom. The number of hydrogen-bond acceptors (Lipinski definition) is 1. The molecule has 0 radical (unpaired) electrons. The Balaban J connectivity index is 1.31. The van der Waals surface area contributed by atoms with Crippen molar-refractivity contribution in [1.29, 1.82) is 0 Å². The second-order valence-corrected chi connectivity index (χ2v) is 12.1. The number of halogens is 2. The third-order valence-corrected chi connectivity index (χ3v) is 9.55. The summed E-state index contributed by atoms with van der Waals surface area (Å²) in [6, 6.07) is 1.72. The van der Waals surface area contributed by atoms with E-state index in [0.717, 1.165) is 75.5 Å². The van der Waals surface area contributed by atoms with Crippen LogP contribution in [0.5, 0.6) is 0 Å². The van der Waals surface area contributed by atoms with Gasteiger partial charge in [-0.05, 0) is 105 Å². The van der Waals surface area contributed by atoms with Crippen LogP contribution in [-0.4, -0.2) is 12.7 Å². The van der Waals surface area contributed by atoms with Crippen molar-refractivity contribution >= 4 is 0 Å². The first-order chi connectivity index (χ1) is 17.1. The highest BCUT2D eigenvalue weighted by molar-refractivity contribution is 5.39. The Labute approximate surface area is 213 Å². The minimum atomic E-state index is -0.263. The van der Waals surface area contributed by atoms with E-state index >= 15 is 8.78 Å². The fraction of sp³-hybridized carbons (Fsp3) is 0.812. The van der Waals surface area contributed by atoms with Crippen molar-refractivity contribution in [3.8, 4) is 0 Å².